The number of nitrogens with one attached hydrogen (secondary N) is 1. The van der Waals surface area contributed by atoms with E-state index in [1.54, 1.807) is 20.8 Å². The molecule has 2 aliphatic rings. The van der Waals surface area contributed by atoms with Crippen molar-refractivity contribution in [1.29, 1.82) is 0 Å². The van der Waals surface area contributed by atoms with Crippen LogP contribution >= 0.6 is 23.5 Å². The number of hydrogen-bond donors (Lipinski definition) is 1. The fourth-order valence-corrected chi connectivity index (χ4v) is 5.55. The molecular formula is C24H26N2O6S2. The lowest BCUT2D eigenvalue weighted by atomic mass is 9.98. The molecule has 34 heavy (non-hydrogen) atoms. The number of thioether (sulfide) groups is 2. The summed E-state index contributed by atoms with van der Waals surface area (Å²) in [5.41, 5.74) is 0.168. The van der Waals surface area contributed by atoms with Gasteiger partial charge in [-0.15, -0.1) is 29.9 Å². The van der Waals surface area contributed by atoms with E-state index in [0.29, 0.717) is 16.4 Å². The molecule has 0 aliphatic carbocycles. The lowest BCUT2D eigenvalue weighted by Crippen LogP contribution is -2.70. The number of carbonyl (C=O) groups excluding carboxylic acids is 4. The maximum atomic E-state index is 13.0. The van der Waals surface area contributed by atoms with Gasteiger partial charge in [0, 0.05) is 10.7 Å². The van der Waals surface area contributed by atoms with Crippen molar-refractivity contribution >= 4 is 47.3 Å². The molecule has 0 unspecified atom stereocenters. The normalized spacial score (nSPS) is 19.5. The Morgan fingerprint density at radius 1 is 1.24 bits per heavy atom. The van der Waals surface area contributed by atoms with Crippen molar-refractivity contribution in [3.63, 3.8) is 0 Å². The summed E-state index contributed by atoms with van der Waals surface area (Å²) < 4.78 is 10.2. The predicted molar refractivity (Wildman–Crippen MR) is 130 cm³/mol. The van der Waals surface area contributed by atoms with E-state index in [4.69, 9.17) is 15.9 Å². The van der Waals surface area contributed by atoms with Crippen LogP contribution < -0.4 is 5.32 Å². The second kappa shape index (κ2) is 11.0. The van der Waals surface area contributed by atoms with Gasteiger partial charge in [-0.25, -0.2) is 4.79 Å². The summed E-state index contributed by atoms with van der Waals surface area (Å²) >= 11 is 2.70. The molecule has 2 aliphatic heterocycles. The Morgan fingerprint density at radius 3 is 2.59 bits per heavy atom. The largest absolute Gasteiger partial charge is 0.427 e. The molecule has 2 atom stereocenters. The van der Waals surface area contributed by atoms with E-state index < -0.39 is 41.5 Å². The van der Waals surface area contributed by atoms with E-state index in [2.05, 4.69) is 11.2 Å². The van der Waals surface area contributed by atoms with Gasteiger partial charge in [0.1, 0.15) is 17.1 Å². The summed E-state index contributed by atoms with van der Waals surface area (Å²) in [6, 6.07) is 8.46. The van der Waals surface area contributed by atoms with Crippen LogP contribution in [0.15, 0.2) is 40.9 Å². The standard InChI is InChI=1S/C24H26N2O6S2/c1-5-11-33-16-13-34-21-18(25-17(27)12-15-9-7-6-8-10-15)20(28)26(21)19(16)22(29)31-14-32-23(30)24(2,3)4/h1,6-10,18,21H,11-14H2,2-4H3,(H,25,27)/t18-,21-/m1/s1. The quantitative estimate of drug-likeness (QED) is 0.250. The number of terminal acetylenes is 1. The van der Waals surface area contributed by atoms with Crippen LogP contribution in [-0.2, 0) is 35.1 Å². The lowest BCUT2D eigenvalue weighted by molar-refractivity contribution is -0.173. The summed E-state index contributed by atoms with van der Waals surface area (Å²) in [5.74, 6) is 1.26. The van der Waals surface area contributed by atoms with Gasteiger partial charge in [0.2, 0.25) is 12.7 Å². The lowest BCUT2D eigenvalue weighted by Gasteiger charge is -2.49. The first-order valence-electron chi connectivity index (χ1n) is 10.5. The summed E-state index contributed by atoms with van der Waals surface area (Å²) in [6.07, 6.45) is 5.51. The average molecular weight is 503 g/mol. The van der Waals surface area contributed by atoms with Gasteiger partial charge < -0.3 is 14.8 Å². The van der Waals surface area contributed by atoms with Crippen molar-refractivity contribution < 1.29 is 28.7 Å². The number of amides is 2. The zero-order chi connectivity index (χ0) is 24.9. The highest BCUT2D eigenvalue weighted by molar-refractivity contribution is 8.06. The Labute approximate surface area is 207 Å². The van der Waals surface area contributed by atoms with Crippen LogP contribution in [0.1, 0.15) is 26.3 Å². The van der Waals surface area contributed by atoms with Crippen LogP contribution in [0, 0.1) is 17.8 Å². The maximum Gasteiger partial charge on any atom is 0.358 e. The number of hydrogen-bond acceptors (Lipinski definition) is 8. The monoisotopic (exact) mass is 502 g/mol. The molecule has 3 rings (SSSR count). The second-order valence-corrected chi connectivity index (χ2v) is 10.8. The number of β-lactam (4-membered cyclic amide) rings is 1. The van der Waals surface area contributed by atoms with Crippen molar-refractivity contribution in [3.8, 4) is 12.3 Å². The summed E-state index contributed by atoms with van der Waals surface area (Å²) in [4.78, 5) is 52.2. The Balaban J connectivity index is 1.68. The highest BCUT2D eigenvalue weighted by atomic mass is 32.2. The van der Waals surface area contributed by atoms with Crippen LogP contribution in [-0.4, -0.2) is 58.4 Å². The van der Waals surface area contributed by atoms with Crippen LogP contribution in [0.2, 0.25) is 0 Å². The minimum Gasteiger partial charge on any atom is -0.427 e. The van der Waals surface area contributed by atoms with E-state index in [1.807, 2.05) is 30.3 Å². The van der Waals surface area contributed by atoms with Gasteiger partial charge >= 0.3 is 11.9 Å². The Bertz CT molecular complexity index is 1040. The molecule has 1 fully saturated rings. The molecule has 10 heteroatoms. The third-order valence-corrected chi connectivity index (χ3v) is 7.43. The van der Waals surface area contributed by atoms with Crippen LogP contribution in [0.25, 0.3) is 0 Å². The van der Waals surface area contributed by atoms with Gasteiger partial charge in [-0.1, -0.05) is 36.3 Å². The van der Waals surface area contributed by atoms with Crippen molar-refractivity contribution in [2.45, 2.75) is 38.6 Å². The van der Waals surface area contributed by atoms with Gasteiger partial charge in [-0.3, -0.25) is 19.3 Å². The fourth-order valence-electron chi connectivity index (χ4n) is 3.25. The van der Waals surface area contributed by atoms with Crippen molar-refractivity contribution in [2.24, 2.45) is 5.41 Å². The maximum absolute atomic E-state index is 13.0. The van der Waals surface area contributed by atoms with Crippen LogP contribution in [0.3, 0.4) is 0 Å². The number of benzene rings is 1. The minimum absolute atomic E-state index is 0.0781. The van der Waals surface area contributed by atoms with Gasteiger partial charge in [0.05, 0.1) is 17.6 Å². The number of esters is 2. The number of carbonyl (C=O) groups is 4. The number of ether oxygens (including phenoxy) is 2. The molecule has 1 N–H and O–H groups in total. The van der Waals surface area contributed by atoms with Crippen LogP contribution in [0.5, 0.6) is 0 Å². The molecule has 8 nitrogen and oxygen atoms in total. The molecule has 180 valence electrons. The molecule has 0 radical (unpaired) electrons. The number of fused-ring (bicyclic) bond motifs is 1. The fraction of sp³-hybridized carbons (Fsp3) is 0.417. The smallest absolute Gasteiger partial charge is 0.358 e. The molecule has 0 saturated carbocycles. The predicted octanol–water partition coefficient (Wildman–Crippen LogP) is 2.30. The first-order chi connectivity index (χ1) is 16.1. The molecule has 2 heterocycles. The highest BCUT2D eigenvalue weighted by Gasteiger charge is 2.54. The molecule has 0 spiro atoms. The van der Waals surface area contributed by atoms with E-state index >= 15 is 0 Å². The van der Waals surface area contributed by atoms with Crippen molar-refractivity contribution in [3.05, 3.63) is 46.5 Å². The highest BCUT2D eigenvalue weighted by Crippen LogP contribution is 2.43. The van der Waals surface area contributed by atoms with Gasteiger partial charge in [-0.05, 0) is 26.3 Å². The SMILES string of the molecule is C#CCSC1=C(C(=O)OCOC(=O)C(C)(C)C)N2C(=O)[C@@H](NC(=O)Cc3ccccc3)[C@H]2SC1. The van der Waals surface area contributed by atoms with Gasteiger partial charge in [0.15, 0.2) is 0 Å². The zero-order valence-corrected chi connectivity index (χ0v) is 20.8. The van der Waals surface area contributed by atoms with E-state index in [1.165, 1.54) is 28.4 Å². The third-order valence-electron chi connectivity index (χ3n) is 4.97. The average Bonchev–Trinajstić information content (AvgIpc) is 2.80. The Hall–Kier alpha value is -2.90. The minimum atomic E-state index is -0.783. The molecule has 1 aromatic carbocycles. The van der Waals surface area contributed by atoms with E-state index in [9.17, 15) is 19.2 Å². The molecular weight excluding hydrogens is 476 g/mol. The Morgan fingerprint density at radius 2 is 1.94 bits per heavy atom. The van der Waals surface area contributed by atoms with Crippen molar-refractivity contribution in [1.82, 2.24) is 10.2 Å². The van der Waals surface area contributed by atoms with Crippen molar-refractivity contribution in [2.75, 3.05) is 18.3 Å². The van der Waals surface area contributed by atoms with Crippen LogP contribution in [0.4, 0.5) is 0 Å². The number of nitrogens with zero attached hydrogens (tertiary/aromatic N) is 1. The van der Waals surface area contributed by atoms with Gasteiger partial charge in [-0.2, -0.15) is 0 Å². The first-order valence-corrected chi connectivity index (χ1v) is 12.6. The number of rotatable bonds is 8. The molecule has 2 amide bonds. The molecule has 0 aromatic heterocycles. The summed E-state index contributed by atoms with van der Waals surface area (Å²) in [7, 11) is 0. The third kappa shape index (κ3) is 5.96. The second-order valence-electron chi connectivity index (χ2n) is 8.61. The molecule has 1 aromatic rings. The Kier molecular flexibility index (Phi) is 8.33. The van der Waals surface area contributed by atoms with E-state index in [-0.39, 0.29) is 18.0 Å². The first kappa shape index (κ1) is 25.7. The topological polar surface area (TPSA) is 102 Å². The zero-order valence-electron chi connectivity index (χ0n) is 19.2. The molecule has 1 saturated heterocycles. The summed E-state index contributed by atoms with van der Waals surface area (Å²) in [5, 5.41) is 2.33. The molecule has 0 bridgehead atoms. The van der Waals surface area contributed by atoms with E-state index in [0.717, 1.165) is 5.56 Å². The van der Waals surface area contributed by atoms with Gasteiger partial charge in [0.25, 0.3) is 5.91 Å². The summed E-state index contributed by atoms with van der Waals surface area (Å²) in [6.45, 7) is 4.48.